The van der Waals surface area contributed by atoms with E-state index in [1.807, 2.05) is 0 Å². The zero-order valence-electron chi connectivity index (χ0n) is 42.7. The van der Waals surface area contributed by atoms with E-state index in [1.165, 1.54) is 186 Å². The number of ether oxygens (including phenoxy) is 3. The lowest BCUT2D eigenvalue weighted by atomic mass is 9.99. The van der Waals surface area contributed by atoms with Crippen LogP contribution in [0.4, 0.5) is 0 Å². The molecule has 0 bridgehead atoms. The average Bonchev–Trinajstić information content (AvgIpc) is 3.24. The Balaban J connectivity index is 4.17. The molecule has 6 heteroatoms. The predicted octanol–water partition coefficient (Wildman–Crippen LogP) is 17.9. The molecular formula is C56H108O6. The van der Waals surface area contributed by atoms with Gasteiger partial charge in [0.15, 0.2) is 6.10 Å². The van der Waals surface area contributed by atoms with Crippen LogP contribution in [0.2, 0.25) is 0 Å². The van der Waals surface area contributed by atoms with Gasteiger partial charge in [-0.05, 0) is 37.0 Å². The van der Waals surface area contributed by atoms with Gasteiger partial charge in [0, 0.05) is 19.3 Å². The number of rotatable bonds is 49. The molecule has 0 saturated carbocycles. The highest BCUT2D eigenvalue weighted by molar-refractivity contribution is 5.71. The quantitative estimate of drug-likeness (QED) is 0.0344. The molecule has 0 N–H and O–H groups in total. The Hall–Kier alpha value is -1.59. The molecule has 62 heavy (non-hydrogen) atoms. The number of esters is 3. The molecule has 0 heterocycles. The minimum Gasteiger partial charge on any atom is -0.462 e. The summed E-state index contributed by atoms with van der Waals surface area (Å²) in [7, 11) is 0. The van der Waals surface area contributed by atoms with Gasteiger partial charge in [0.25, 0.3) is 0 Å². The van der Waals surface area contributed by atoms with E-state index in [-0.39, 0.29) is 31.1 Å². The van der Waals surface area contributed by atoms with Crippen LogP contribution in [0, 0.1) is 17.8 Å². The van der Waals surface area contributed by atoms with Crippen molar-refractivity contribution in [3.05, 3.63) is 0 Å². The molecular weight excluding hydrogens is 769 g/mol. The minimum atomic E-state index is -0.763. The van der Waals surface area contributed by atoms with E-state index < -0.39 is 6.10 Å². The van der Waals surface area contributed by atoms with Crippen molar-refractivity contribution in [1.29, 1.82) is 0 Å². The van der Waals surface area contributed by atoms with Crippen LogP contribution >= 0.6 is 0 Å². The van der Waals surface area contributed by atoms with Crippen molar-refractivity contribution in [3.63, 3.8) is 0 Å². The van der Waals surface area contributed by atoms with Crippen molar-refractivity contribution in [2.75, 3.05) is 13.2 Å². The van der Waals surface area contributed by atoms with Crippen LogP contribution in [0.15, 0.2) is 0 Å². The fourth-order valence-electron chi connectivity index (χ4n) is 8.44. The van der Waals surface area contributed by atoms with Gasteiger partial charge in [-0.15, -0.1) is 0 Å². The van der Waals surface area contributed by atoms with Crippen LogP contribution in [-0.2, 0) is 28.6 Å². The molecule has 0 aromatic carbocycles. The first kappa shape index (κ1) is 60.4. The summed E-state index contributed by atoms with van der Waals surface area (Å²) in [6.07, 6.45) is 48.3. The predicted molar refractivity (Wildman–Crippen MR) is 266 cm³/mol. The Morgan fingerprint density at radius 2 is 0.565 bits per heavy atom. The lowest BCUT2D eigenvalue weighted by Gasteiger charge is -2.18. The molecule has 0 saturated heterocycles. The third-order valence-corrected chi connectivity index (χ3v) is 13.0. The minimum absolute atomic E-state index is 0.0650. The Bertz CT molecular complexity index is 962. The Labute approximate surface area is 387 Å². The molecule has 0 amide bonds. The van der Waals surface area contributed by atoms with E-state index in [0.29, 0.717) is 19.3 Å². The second-order valence-corrected chi connectivity index (χ2v) is 20.4. The molecule has 0 aliphatic heterocycles. The lowest BCUT2D eigenvalue weighted by molar-refractivity contribution is -0.167. The average molecular weight is 877 g/mol. The van der Waals surface area contributed by atoms with Crippen LogP contribution in [-0.4, -0.2) is 37.2 Å². The van der Waals surface area contributed by atoms with Gasteiger partial charge in [-0.3, -0.25) is 14.4 Å². The lowest BCUT2D eigenvalue weighted by Crippen LogP contribution is -2.30. The zero-order valence-corrected chi connectivity index (χ0v) is 42.7. The van der Waals surface area contributed by atoms with E-state index in [4.69, 9.17) is 14.2 Å². The van der Waals surface area contributed by atoms with E-state index in [2.05, 4.69) is 41.5 Å². The second-order valence-electron chi connectivity index (χ2n) is 20.4. The maximum Gasteiger partial charge on any atom is 0.306 e. The summed E-state index contributed by atoms with van der Waals surface area (Å²) in [5.41, 5.74) is 0. The van der Waals surface area contributed by atoms with Crippen molar-refractivity contribution >= 4 is 17.9 Å². The molecule has 6 nitrogen and oxygen atoms in total. The number of carbonyl (C=O) groups excluding carboxylic acids is 3. The zero-order chi connectivity index (χ0) is 45.6. The van der Waals surface area contributed by atoms with Gasteiger partial charge in [0.05, 0.1) is 0 Å². The van der Waals surface area contributed by atoms with E-state index in [9.17, 15) is 14.4 Å². The molecule has 0 aliphatic carbocycles. The van der Waals surface area contributed by atoms with Crippen molar-refractivity contribution in [2.24, 2.45) is 17.8 Å². The summed E-state index contributed by atoms with van der Waals surface area (Å²) in [6, 6.07) is 0. The number of hydrogen-bond donors (Lipinski definition) is 0. The van der Waals surface area contributed by atoms with Gasteiger partial charge in [0.2, 0.25) is 0 Å². The molecule has 0 aromatic heterocycles. The van der Waals surface area contributed by atoms with Crippen molar-refractivity contribution in [1.82, 2.24) is 0 Å². The van der Waals surface area contributed by atoms with Gasteiger partial charge in [-0.2, -0.15) is 0 Å². The summed E-state index contributed by atoms with van der Waals surface area (Å²) in [5, 5.41) is 0. The maximum atomic E-state index is 12.8. The van der Waals surface area contributed by atoms with Crippen LogP contribution in [0.25, 0.3) is 0 Å². The molecule has 2 atom stereocenters. The Kier molecular flexibility index (Phi) is 46.2. The second kappa shape index (κ2) is 47.4. The number of hydrogen-bond acceptors (Lipinski definition) is 6. The fraction of sp³-hybridized carbons (Fsp3) is 0.946. The molecule has 0 fully saturated rings. The summed E-state index contributed by atoms with van der Waals surface area (Å²) in [5.74, 6) is 1.63. The molecule has 0 rings (SSSR count). The summed E-state index contributed by atoms with van der Waals surface area (Å²) in [6.45, 7) is 13.7. The maximum absolute atomic E-state index is 12.8. The first-order valence-corrected chi connectivity index (χ1v) is 27.6. The van der Waals surface area contributed by atoms with Gasteiger partial charge < -0.3 is 14.2 Å². The highest BCUT2D eigenvalue weighted by atomic mass is 16.6. The Morgan fingerprint density at radius 1 is 0.323 bits per heavy atom. The van der Waals surface area contributed by atoms with Crippen LogP contribution in [0.5, 0.6) is 0 Å². The molecule has 0 spiro atoms. The topological polar surface area (TPSA) is 78.9 Å². The largest absolute Gasteiger partial charge is 0.462 e. The van der Waals surface area contributed by atoms with Gasteiger partial charge in [0.1, 0.15) is 13.2 Å². The molecule has 0 aromatic rings. The molecule has 0 radical (unpaired) electrons. The number of carbonyl (C=O) groups is 3. The van der Waals surface area contributed by atoms with E-state index >= 15 is 0 Å². The summed E-state index contributed by atoms with van der Waals surface area (Å²) >= 11 is 0. The van der Waals surface area contributed by atoms with E-state index in [1.54, 1.807) is 0 Å². The first-order chi connectivity index (χ1) is 30.1. The highest BCUT2D eigenvalue weighted by Gasteiger charge is 2.19. The summed E-state index contributed by atoms with van der Waals surface area (Å²) in [4.78, 5) is 37.9. The van der Waals surface area contributed by atoms with Crippen molar-refractivity contribution in [2.45, 2.75) is 311 Å². The molecule has 1 unspecified atom stereocenters. The third kappa shape index (κ3) is 47.9. The fourth-order valence-corrected chi connectivity index (χ4v) is 8.44. The highest BCUT2D eigenvalue weighted by Crippen LogP contribution is 2.18. The smallest absolute Gasteiger partial charge is 0.306 e. The van der Waals surface area contributed by atoms with Gasteiger partial charge >= 0.3 is 17.9 Å². The van der Waals surface area contributed by atoms with Crippen molar-refractivity contribution in [3.8, 4) is 0 Å². The van der Waals surface area contributed by atoms with Crippen LogP contribution < -0.4 is 0 Å². The van der Waals surface area contributed by atoms with Crippen LogP contribution in [0.3, 0.4) is 0 Å². The third-order valence-electron chi connectivity index (χ3n) is 13.0. The summed E-state index contributed by atoms with van der Waals surface area (Å²) < 4.78 is 16.8. The van der Waals surface area contributed by atoms with Gasteiger partial charge in [-0.1, -0.05) is 266 Å². The number of unbranched alkanes of at least 4 members (excludes halogenated alkanes) is 31. The first-order valence-electron chi connectivity index (χ1n) is 27.6. The van der Waals surface area contributed by atoms with E-state index in [0.717, 1.165) is 75.5 Å². The van der Waals surface area contributed by atoms with Gasteiger partial charge in [-0.25, -0.2) is 0 Å². The van der Waals surface area contributed by atoms with Crippen molar-refractivity contribution < 1.29 is 28.6 Å². The molecule has 368 valence electrons. The SMILES string of the molecule is CCC(C)CCCCCCCCCCCCCCCCCCCCC(=O)OC[C@@H](COC(=O)CCCCCCCCC(C)C)OC(=O)CCCCCCCCCCCCC(C)C. The molecule has 0 aliphatic rings. The van der Waals surface area contributed by atoms with Crippen LogP contribution in [0.1, 0.15) is 305 Å². The normalized spacial score (nSPS) is 12.6. The monoisotopic (exact) mass is 877 g/mol. The standard InChI is InChI=1S/C56H108O6/c1-7-52(6)44-38-32-25-21-16-14-12-10-8-9-11-13-15-17-22-26-33-39-45-54(57)60-48-53(49-61-55(58)46-40-34-29-28-31-37-43-51(4)5)62-56(59)47-41-35-27-23-19-18-20-24-30-36-42-50(2)3/h50-53H,7-49H2,1-6H3/t52?,53-/m0/s1. The Morgan fingerprint density at radius 3 is 0.839 bits per heavy atom.